The Morgan fingerprint density at radius 1 is 1.20 bits per heavy atom. The number of amides is 1. The van der Waals surface area contributed by atoms with E-state index in [1.54, 1.807) is 23.1 Å². The summed E-state index contributed by atoms with van der Waals surface area (Å²) in [6, 6.07) is 12.0. The van der Waals surface area contributed by atoms with Gasteiger partial charge in [-0.05, 0) is 17.5 Å². The van der Waals surface area contributed by atoms with E-state index in [2.05, 4.69) is 32.2 Å². The van der Waals surface area contributed by atoms with Crippen molar-refractivity contribution in [3.05, 3.63) is 41.8 Å². The Morgan fingerprint density at radius 3 is 2.60 bits per heavy atom. The van der Waals surface area contributed by atoms with Gasteiger partial charge in [0.2, 0.25) is 5.91 Å². The molecule has 0 spiro atoms. The third-order valence-electron chi connectivity index (χ3n) is 2.62. The normalized spacial score (nSPS) is 11.3. The van der Waals surface area contributed by atoms with E-state index in [1.165, 1.54) is 4.88 Å². The van der Waals surface area contributed by atoms with Crippen molar-refractivity contribution in [3.8, 4) is 10.4 Å². The van der Waals surface area contributed by atoms with Gasteiger partial charge < -0.3 is 5.32 Å². The van der Waals surface area contributed by atoms with Gasteiger partial charge in [0, 0.05) is 20.9 Å². The van der Waals surface area contributed by atoms with Crippen LogP contribution in [-0.4, -0.2) is 16.4 Å². The second-order valence-corrected chi connectivity index (χ2v) is 8.22. The Kier molecular flexibility index (Phi) is 4.89. The van der Waals surface area contributed by atoms with Crippen molar-refractivity contribution < 1.29 is 4.79 Å². The Morgan fingerprint density at radius 2 is 1.95 bits per heavy atom. The summed E-state index contributed by atoms with van der Waals surface area (Å²) >= 11 is 3.33. The number of anilines is 1. The van der Waals surface area contributed by atoms with Crippen LogP contribution in [0.2, 0.25) is 0 Å². The molecule has 0 bridgehead atoms. The van der Waals surface area contributed by atoms with Crippen LogP contribution in [0.25, 0.3) is 10.4 Å². The lowest BCUT2D eigenvalue weighted by atomic mass is 10.1. The highest BCUT2D eigenvalue weighted by Crippen LogP contribution is 2.31. The number of rotatable bonds is 4. The molecule has 0 unspecified atom stereocenters. The van der Waals surface area contributed by atoms with E-state index in [4.69, 9.17) is 0 Å². The van der Waals surface area contributed by atoms with Gasteiger partial charge in [-0.2, -0.15) is 0 Å². The predicted octanol–water partition coefficient (Wildman–Crippen LogP) is 4.89. The number of para-hydroxylation sites is 1. The molecule has 2 nitrogen and oxygen atoms in total. The molecule has 0 radical (unpaired) electrons. The van der Waals surface area contributed by atoms with Crippen molar-refractivity contribution in [1.82, 2.24) is 0 Å². The van der Waals surface area contributed by atoms with E-state index in [9.17, 15) is 4.79 Å². The number of hydrogen-bond donors (Lipinski definition) is 1. The fraction of sp³-hybridized carbons (Fsp3) is 0.312. The summed E-state index contributed by atoms with van der Waals surface area (Å²) in [5.74, 6) is 0.524. The molecule has 0 atom stereocenters. The molecular weight excluding hydrogens is 286 g/mol. The van der Waals surface area contributed by atoms with E-state index < -0.39 is 0 Å². The van der Waals surface area contributed by atoms with E-state index in [0.717, 1.165) is 11.3 Å². The number of carbonyl (C=O) groups is 1. The maximum atomic E-state index is 12.1. The minimum Gasteiger partial charge on any atom is -0.325 e. The van der Waals surface area contributed by atoms with Gasteiger partial charge in [0.05, 0.1) is 5.75 Å². The van der Waals surface area contributed by atoms with Crippen LogP contribution >= 0.6 is 23.1 Å². The zero-order chi connectivity index (χ0) is 14.6. The topological polar surface area (TPSA) is 29.1 Å². The van der Waals surface area contributed by atoms with Crippen molar-refractivity contribution in [2.75, 3.05) is 11.1 Å². The molecule has 1 heterocycles. The number of carbonyl (C=O) groups excluding carboxylic acids is 1. The van der Waals surface area contributed by atoms with Crippen LogP contribution in [0.5, 0.6) is 0 Å². The molecule has 0 saturated heterocycles. The maximum absolute atomic E-state index is 12.1. The first kappa shape index (κ1) is 15.1. The standard InChI is InChI=1S/C16H19NOS2/c1-16(2,3)20-11-15(18)17-13-8-5-4-7-12(13)14-9-6-10-19-14/h4-10H,11H2,1-3H3,(H,17,18). The van der Waals surface area contributed by atoms with Crippen LogP contribution in [-0.2, 0) is 4.79 Å². The first-order chi connectivity index (χ1) is 9.46. The predicted molar refractivity (Wildman–Crippen MR) is 90.6 cm³/mol. The fourth-order valence-corrected chi connectivity index (χ4v) is 3.11. The lowest BCUT2D eigenvalue weighted by Crippen LogP contribution is -2.19. The number of nitrogens with one attached hydrogen (secondary N) is 1. The Labute approximate surface area is 128 Å². The summed E-state index contributed by atoms with van der Waals surface area (Å²) in [5, 5.41) is 5.06. The first-order valence-corrected chi connectivity index (χ1v) is 8.39. The Balaban J connectivity index is 2.08. The van der Waals surface area contributed by atoms with Gasteiger partial charge in [-0.3, -0.25) is 4.79 Å². The minimum atomic E-state index is 0.0499. The molecule has 0 saturated carbocycles. The van der Waals surface area contributed by atoms with Crippen molar-refractivity contribution >= 4 is 34.7 Å². The van der Waals surface area contributed by atoms with Crippen molar-refractivity contribution in [3.63, 3.8) is 0 Å². The summed E-state index contributed by atoms with van der Waals surface area (Å²) < 4.78 is 0.102. The summed E-state index contributed by atoms with van der Waals surface area (Å²) in [4.78, 5) is 13.2. The van der Waals surface area contributed by atoms with Crippen LogP contribution in [0.1, 0.15) is 20.8 Å². The molecule has 1 amide bonds. The van der Waals surface area contributed by atoms with Crippen molar-refractivity contribution in [2.24, 2.45) is 0 Å². The fourth-order valence-electron chi connectivity index (χ4n) is 1.71. The van der Waals surface area contributed by atoms with E-state index in [1.807, 2.05) is 35.7 Å². The summed E-state index contributed by atoms with van der Waals surface area (Å²) in [7, 11) is 0. The van der Waals surface area contributed by atoms with E-state index in [-0.39, 0.29) is 10.7 Å². The highest BCUT2D eigenvalue weighted by molar-refractivity contribution is 8.01. The number of thiophene rings is 1. The smallest absolute Gasteiger partial charge is 0.234 e. The van der Waals surface area contributed by atoms with Gasteiger partial charge >= 0.3 is 0 Å². The molecule has 4 heteroatoms. The van der Waals surface area contributed by atoms with Crippen molar-refractivity contribution in [2.45, 2.75) is 25.5 Å². The van der Waals surface area contributed by atoms with Crippen LogP contribution in [0.3, 0.4) is 0 Å². The van der Waals surface area contributed by atoms with Gasteiger partial charge in [0.1, 0.15) is 0 Å². The quantitative estimate of drug-likeness (QED) is 0.871. The van der Waals surface area contributed by atoms with Crippen LogP contribution < -0.4 is 5.32 Å². The molecular formula is C16H19NOS2. The third-order valence-corrected chi connectivity index (χ3v) is 4.80. The Hall–Kier alpha value is -1.26. The summed E-state index contributed by atoms with van der Waals surface area (Å²) in [5.41, 5.74) is 1.96. The van der Waals surface area contributed by atoms with Gasteiger partial charge in [0.15, 0.2) is 0 Å². The second kappa shape index (κ2) is 6.46. The monoisotopic (exact) mass is 305 g/mol. The molecule has 0 fully saturated rings. The molecule has 20 heavy (non-hydrogen) atoms. The molecule has 1 N–H and O–H groups in total. The van der Waals surface area contributed by atoms with Crippen LogP contribution in [0.15, 0.2) is 41.8 Å². The van der Waals surface area contributed by atoms with Gasteiger partial charge in [-0.25, -0.2) is 0 Å². The minimum absolute atomic E-state index is 0.0499. The highest BCUT2D eigenvalue weighted by atomic mass is 32.2. The van der Waals surface area contributed by atoms with E-state index >= 15 is 0 Å². The summed E-state index contributed by atoms with van der Waals surface area (Å²) in [6.07, 6.45) is 0. The molecule has 2 rings (SSSR count). The zero-order valence-corrected chi connectivity index (χ0v) is 13.6. The molecule has 2 aromatic rings. The number of hydrogen-bond acceptors (Lipinski definition) is 3. The number of thioether (sulfide) groups is 1. The molecule has 1 aromatic heterocycles. The average molecular weight is 305 g/mol. The lowest BCUT2D eigenvalue weighted by Gasteiger charge is -2.17. The first-order valence-electron chi connectivity index (χ1n) is 6.52. The van der Waals surface area contributed by atoms with Gasteiger partial charge in [-0.15, -0.1) is 23.1 Å². The SMILES string of the molecule is CC(C)(C)SCC(=O)Nc1ccccc1-c1cccs1. The summed E-state index contributed by atoms with van der Waals surface area (Å²) in [6.45, 7) is 6.35. The molecule has 0 aliphatic carbocycles. The molecule has 0 aliphatic rings. The zero-order valence-electron chi connectivity index (χ0n) is 12.0. The van der Waals surface area contributed by atoms with Crippen LogP contribution in [0.4, 0.5) is 5.69 Å². The van der Waals surface area contributed by atoms with E-state index in [0.29, 0.717) is 5.75 Å². The number of benzene rings is 1. The van der Waals surface area contributed by atoms with Crippen molar-refractivity contribution in [1.29, 1.82) is 0 Å². The largest absolute Gasteiger partial charge is 0.325 e. The van der Waals surface area contributed by atoms with Crippen LogP contribution in [0, 0.1) is 0 Å². The lowest BCUT2D eigenvalue weighted by molar-refractivity contribution is -0.113. The molecule has 1 aromatic carbocycles. The van der Waals surface area contributed by atoms with Gasteiger partial charge in [0.25, 0.3) is 0 Å². The maximum Gasteiger partial charge on any atom is 0.234 e. The third kappa shape index (κ3) is 4.39. The highest BCUT2D eigenvalue weighted by Gasteiger charge is 2.14. The van der Waals surface area contributed by atoms with Gasteiger partial charge in [-0.1, -0.05) is 45.0 Å². The second-order valence-electron chi connectivity index (χ2n) is 5.47. The molecule has 106 valence electrons. The Bertz CT molecular complexity index is 570. The average Bonchev–Trinajstić information content (AvgIpc) is 2.90. The molecule has 0 aliphatic heterocycles.